The van der Waals surface area contributed by atoms with Crippen molar-refractivity contribution in [2.24, 2.45) is 0 Å². The molecule has 1 N–H and O–H groups in total. The monoisotopic (exact) mass is 385 g/mol. The van der Waals surface area contributed by atoms with Gasteiger partial charge in [0.15, 0.2) is 5.76 Å². The highest BCUT2D eigenvalue weighted by Gasteiger charge is 2.16. The van der Waals surface area contributed by atoms with E-state index in [1.54, 1.807) is 0 Å². The molecule has 0 fully saturated rings. The van der Waals surface area contributed by atoms with Crippen molar-refractivity contribution in [3.8, 4) is 0 Å². The Morgan fingerprint density at radius 3 is 2.38 bits per heavy atom. The Balaban J connectivity index is 1.35. The largest absolute Gasteiger partial charge is 0.451 e. The van der Waals surface area contributed by atoms with Crippen molar-refractivity contribution in [1.29, 1.82) is 0 Å². The molecule has 0 aliphatic heterocycles. The number of amides is 1. The Labute approximate surface area is 170 Å². The van der Waals surface area contributed by atoms with Crippen LogP contribution >= 0.6 is 0 Å². The molecule has 0 aliphatic carbocycles. The van der Waals surface area contributed by atoms with Gasteiger partial charge in [0, 0.05) is 17.5 Å². The second kappa shape index (κ2) is 8.76. The number of carbonyl (C=O) groups is 1. The van der Waals surface area contributed by atoms with Crippen molar-refractivity contribution in [1.82, 2.24) is 5.32 Å². The molecule has 1 amide bonds. The Morgan fingerprint density at radius 1 is 0.862 bits per heavy atom. The Kier molecular flexibility index (Phi) is 5.73. The molecule has 0 unspecified atom stereocenters. The minimum atomic E-state index is -0.204. The zero-order valence-corrected chi connectivity index (χ0v) is 16.4. The zero-order chi connectivity index (χ0) is 20.1. The average molecular weight is 385 g/mol. The summed E-state index contributed by atoms with van der Waals surface area (Å²) in [6, 6.07) is 25.8. The van der Waals surface area contributed by atoms with Gasteiger partial charge in [-0.1, -0.05) is 72.8 Å². The maximum atomic E-state index is 12.6. The van der Waals surface area contributed by atoms with Crippen LogP contribution in [0.1, 0.15) is 32.8 Å². The summed E-state index contributed by atoms with van der Waals surface area (Å²) >= 11 is 0. The molecule has 0 spiro atoms. The molecule has 4 rings (SSSR count). The van der Waals surface area contributed by atoms with Gasteiger partial charge in [-0.05, 0) is 29.7 Å². The predicted octanol–water partition coefficient (Wildman–Crippen LogP) is 5.39. The normalized spacial score (nSPS) is 10.9. The van der Waals surface area contributed by atoms with Gasteiger partial charge in [-0.2, -0.15) is 0 Å². The maximum Gasteiger partial charge on any atom is 0.287 e. The number of para-hydroxylation sites is 1. The summed E-state index contributed by atoms with van der Waals surface area (Å²) in [5.41, 5.74) is 4.84. The lowest BCUT2D eigenvalue weighted by molar-refractivity contribution is 0.0924. The number of furan rings is 1. The van der Waals surface area contributed by atoms with Crippen molar-refractivity contribution < 1.29 is 13.9 Å². The molecule has 146 valence electrons. The molecule has 0 atom stereocenters. The van der Waals surface area contributed by atoms with Crippen LogP contribution in [0.5, 0.6) is 0 Å². The van der Waals surface area contributed by atoms with Gasteiger partial charge in [0.25, 0.3) is 5.91 Å². The first kappa shape index (κ1) is 19.0. The second-order valence-corrected chi connectivity index (χ2v) is 7.03. The van der Waals surface area contributed by atoms with Gasteiger partial charge in [-0.3, -0.25) is 4.79 Å². The van der Waals surface area contributed by atoms with Crippen molar-refractivity contribution in [2.75, 3.05) is 0 Å². The summed E-state index contributed by atoms with van der Waals surface area (Å²) in [5, 5.41) is 3.92. The summed E-state index contributed by atoms with van der Waals surface area (Å²) in [6.07, 6.45) is 0. The molecule has 0 saturated carbocycles. The van der Waals surface area contributed by atoms with Crippen molar-refractivity contribution in [2.45, 2.75) is 26.7 Å². The SMILES string of the molecule is Cc1c(C(=O)NCc2cccc(COCc3ccccc3)c2)oc2ccccc12. The van der Waals surface area contributed by atoms with Crippen LogP contribution in [0.2, 0.25) is 0 Å². The molecule has 1 heterocycles. The van der Waals surface area contributed by atoms with E-state index in [9.17, 15) is 4.79 Å². The number of hydrogen-bond donors (Lipinski definition) is 1. The van der Waals surface area contributed by atoms with Crippen LogP contribution in [-0.2, 0) is 24.5 Å². The van der Waals surface area contributed by atoms with E-state index in [4.69, 9.17) is 9.15 Å². The van der Waals surface area contributed by atoms with Crippen LogP contribution in [0, 0.1) is 6.92 Å². The van der Waals surface area contributed by atoms with Crippen molar-refractivity contribution >= 4 is 16.9 Å². The highest BCUT2D eigenvalue weighted by atomic mass is 16.5. The van der Waals surface area contributed by atoms with E-state index >= 15 is 0 Å². The summed E-state index contributed by atoms with van der Waals surface area (Å²) in [5.74, 6) is 0.165. The van der Waals surface area contributed by atoms with E-state index in [2.05, 4.69) is 11.4 Å². The van der Waals surface area contributed by atoms with Gasteiger partial charge in [-0.25, -0.2) is 0 Å². The molecule has 3 aromatic carbocycles. The van der Waals surface area contributed by atoms with Crippen LogP contribution in [0.15, 0.2) is 83.3 Å². The van der Waals surface area contributed by atoms with Crippen LogP contribution in [0.3, 0.4) is 0 Å². The summed E-state index contributed by atoms with van der Waals surface area (Å²) in [4.78, 5) is 12.6. The number of nitrogens with one attached hydrogen (secondary N) is 1. The number of hydrogen-bond acceptors (Lipinski definition) is 3. The molecular formula is C25H23NO3. The fraction of sp³-hybridized carbons (Fsp3) is 0.160. The standard InChI is InChI=1S/C25H23NO3/c1-18-22-12-5-6-13-23(22)29-24(18)25(27)26-15-20-10-7-11-21(14-20)17-28-16-19-8-3-2-4-9-19/h2-14H,15-17H2,1H3,(H,26,27). The van der Waals surface area contributed by atoms with E-state index in [0.717, 1.165) is 33.2 Å². The third-order valence-electron chi connectivity index (χ3n) is 4.87. The highest BCUT2D eigenvalue weighted by molar-refractivity contribution is 5.98. The van der Waals surface area contributed by atoms with Gasteiger partial charge in [0.2, 0.25) is 0 Å². The lowest BCUT2D eigenvalue weighted by Gasteiger charge is -2.08. The fourth-order valence-electron chi connectivity index (χ4n) is 3.34. The minimum Gasteiger partial charge on any atom is -0.451 e. The van der Waals surface area contributed by atoms with Crippen molar-refractivity contribution in [3.05, 3.63) is 107 Å². The van der Waals surface area contributed by atoms with Crippen LogP contribution < -0.4 is 5.32 Å². The summed E-state index contributed by atoms with van der Waals surface area (Å²) < 4.78 is 11.5. The molecular weight excluding hydrogens is 362 g/mol. The van der Waals surface area contributed by atoms with Crippen molar-refractivity contribution in [3.63, 3.8) is 0 Å². The van der Waals surface area contributed by atoms with E-state index < -0.39 is 0 Å². The number of benzene rings is 3. The van der Waals surface area contributed by atoms with Crippen LogP contribution in [0.25, 0.3) is 11.0 Å². The molecule has 1 aromatic heterocycles. The van der Waals surface area contributed by atoms with Gasteiger partial charge >= 0.3 is 0 Å². The van der Waals surface area contributed by atoms with Gasteiger partial charge in [0.1, 0.15) is 5.58 Å². The number of fused-ring (bicyclic) bond motifs is 1. The molecule has 0 bridgehead atoms. The Morgan fingerprint density at radius 2 is 1.55 bits per heavy atom. The summed E-state index contributed by atoms with van der Waals surface area (Å²) in [6.45, 7) is 3.44. The second-order valence-electron chi connectivity index (χ2n) is 7.03. The predicted molar refractivity (Wildman–Crippen MR) is 113 cm³/mol. The van der Waals surface area contributed by atoms with Gasteiger partial charge in [-0.15, -0.1) is 0 Å². The van der Waals surface area contributed by atoms with E-state index in [0.29, 0.717) is 25.5 Å². The molecule has 0 aliphatic rings. The van der Waals surface area contributed by atoms with E-state index in [1.165, 1.54) is 0 Å². The molecule has 4 aromatic rings. The smallest absolute Gasteiger partial charge is 0.287 e. The van der Waals surface area contributed by atoms with E-state index in [-0.39, 0.29) is 5.91 Å². The zero-order valence-electron chi connectivity index (χ0n) is 16.4. The first-order chi connectivity index (χ1) is 14.2. The Bertz CT molecular complexity index is 1120. The Hall–Kier alpha value is -3.37. The maximum absolute atomic E-state index is 12.6. The number of aryl methyl sites for hydroxylation is 1. The average Bonchev–Trinajstić information content (AvgIpc) is 3.10. The lowest BCUT2D eigenvalue weighted by Crippen LogP contribution is -2.23. The fourth-order valence-corrected chi connectivity index (χ4v) is 3.34. The molecule has 29 heavy (non-hydrogen) atoms. The molecule has 4 nitrogen and oxygen atoms in total. The lowest BCUT2D eigenvalue weighted by atomic mass is 10.1. The van der Waals surface area contributed by atoms with Crippen LogP contribution in [-0.4, -0.2) is 5.91 Å². The number of rotatable bonds is 7. The molecule has 0 saturated heterocycles. The summed E-state index contributed by atoms with van der Waals surface area (Å²) in [7, 11) is 0. The minimum absolute atomic E-state index is 0.204. The highest BCUT2D eigenvalue weighted by Crippen LogP contribution is 2.24. The van der Waals surface area contributed by atoms with Gasteiger partial charge < -0.3 is 14.5 Å². The number of carbonyl (C=O) groups excluding carboxylic acids is 1. The third-order valence-corrected chi connectivity index (χ3v) is 4.87. The van der Waals surface area contributed by atoms with Crippen LogP contribution in [0.4, 0.5) is 0 Å². The van der Waals surface area contributed by atoms with Gasteiger partial charge in [0.05, 0.1) is 13.2 Å². The quantitative estimate of drug-likeness (QED) is 0.464. The molecule has 4 heteroatoms. The number of ether oxygens (including phenoxy) is 1. The topological polar surface area (TPSA) is 51.5 Å². The first-order valence-electron chi connectivity index (χ1n) is 9.66. The first-order valence-corrected chi connectivity index (χ1v) is 9.66. The molecule has 0 radical (unpaired) electrons. The third kappa shape index (κ3) is 4.55. The van der Waals surface area contributed by atoms with E-state index in [1.807, 2.05) is 79.7 Å².